The van der Waals surface area contributed by atoms with E-state index >= 15 is 0 Å². The number of aromatic nitrogens is 2. The van der Waals surface area contributed by atoms with Crippen molar-refractivity contribution < 1.29 is 9.21 Å². The average Bonchev–Trinajstić information content (AvgIpc) is 3.37. The van der Waals surface area contributed by atoms with E-state index < -0.39 is 0 Å². The van der Waals surface area contributed by atoms with Gasteiger partial charge in [-0.25, -0.2) is 0 Å². The lowest BCUT2D eigenvalue weighted by molar-refractivity contribution is 0.0622. The van der Waals surface area contributed by atoms with Crippen molar-refractivity contribution in [3.63, 3.8) is 0 Å². The Morgan fingerprint density at radius 3 is 2.75 bits per heavy atom. The molecule has 1 fully saturated rings. The summed E-state index contributed by atoms with van der Waals surface area (Å²) in [5, 5.41) is 16.1. The zero-order valence-corrected chi connectivity index (χ0v) is 15.7. The molecule has 142 valence electrons. The van der Waals surface area contributed by atoms with Crippen molar-refractivity contribution in [1.29, 1.82) is 5.26 Å². The molecule has 0 radical (unpaired) electrons. The molecule has 1 amide bonds. The van der Waals surface area contributed by atoms with Gasteiger partial charge in [-0.3, -0.25) is 14.8 Å². The Hall–Kier alpha value is -3.37. The summed E-state index contributed by atoms with van der Waals surface area (Å²) in [6.07, 6.45) is 0. The maximum Gasteiger partial charge on any atom is 0.274 e. The number of aromatic amines is 1. The van der Waals surface area contributed by atoms with E-state index in [1.807, 2.05) is 48.2 Å². The molecule has 0 saturated carbocycles. The van der Waals surface area contributed by atoms with Crippen molar-refractivity contribution in [1.82, 2.24) is 20.0 Å². The Morgan fingerprint density at radius 1 is 1.21 bits per heavy atom. The van der Waals surface area contributed by atoms with Gasteiger partial charge in [-0.05, 0) is 36.8 Å². The molecule has 3 heterocycles. The van der Waals surface area contributed by atoms with Crippen LogP contribution in [0.4, 0.5) is 0 Å². The number of carbonyl (C=O) groups excluding carboxylic acids is 1. The molecule has 0 spiro atoms. The molecule has 1 aromatic carbocycles. The van der Waals surface area contributed by atoms with Crippen molar-refractivity contribution in [2.24, 2.45) is 0 Å². The first-order valence-electron chi connectivity index (χ1n) is 9.25. The SMILES string of the molecule is Cc1ccc(-c2cc(C(=O)N3CCN(Cc4cccc(C#N)c4)CC3)n[nH]2)o1. The van der Waals surface area contributed by atoms with Gasteiger partial charge in [0.05, 0.1) is 11.6 Å². The predicted octanol–water partition coefficient (Wildman–Crippen LogP) is 2.81. The molecule has 1 saturated heterocycles. The summed E-state index contributed by atoms with van der Waals surface area (Å²) in [5.41, 5.74) is 2.89. The van der Waals surface area contributed by atoms with E-state index in [1.165, 1.54) is 0 Å². The highest BCUT2D eigenvalue weighted by Crippen LogP contribution is 2.21. The monoisotopic (exact) mass is 375 g/mol. The van der Waals surface area contributed by atoms with E-state index in [1.54, 1.807) is 6.07 Å². The molecule has 0 aliphatic carbocycles. The van der Waals surface area contributed by atoms with Crippen LogP contribution in [-0.2, 0) is 6.54 Å². The average molecular weight is 375 g/mol. The Labute approximate surface area is 163 Å². The molecule has 3 aromatic rings. The largest absolute Gasteiger partial charge is 0.460 e. The number of nitriles is 1. The number of hydrogen-bond acceptors (Lipinski definition) is 5. The van der Waals surface area contributed by atoms with Gasteiger partial charge in [-0.2, -0.15) is 10.4 Å². The number of carbonyl (C=O) groups is 1. The fourth-order valence-electron chi connectivity index (χ4n) is 3.41. The molecular weight excluding hydrogens is 354 g/mol. The predicted molar refractivity (Wildman–Crippen MR) is 103 cm³/mol. The first-order chi connectivity index (χ1) is 13.6. The molecule has 0 bridgehead atoms. The summed E-state index contributed by atoms with van der Waals surface area (Å²) < 4.78 is 5.57. The van der Waals surface area contributed by atoms with Crippen LogP contribution in [0.1, 0.15) is 27.4 Å². The van der Waals surface area contributed by atoms with Crippen LogP contribution in [0.15, 0.2) is 46.9 Å². The number of hydrogen-bond donors (Lipinski definition) is 1. The maximum absolute atomic E-state index is 12.8. The Morgan fingerprint density at radius 2 is 2.04 bits per heavy atom. The topological polar surface area (TPSA) is 89.2 Å². The minimum absolute atomic E-state index is 0.0723. The summed E-state index contributed by atoms with van der Waals surface area (Å²) in [6.45, 7) is 5.54. The summed E-state index contributed by atoms with van der Waals surface area (Å²) >= 11 is 0. The zero-order valence-electron chi connectivity index (χ0n) is 15.7. The van der Waals surface area contributed by atoms with E-state index in [-0.39, 0.29) is 5.91 Å². The Kier molecular flexibility index (Phi) is 4.96. The molecule has 28 heavy (non-hydrogen) atoms. The minimum Gasteiger partial charge on any atom is -0.460 e. The molecular formula is C21H21N5O2. The Balaban J connectivity index is 1.35. The van der Waals surface area contributed by atoms with Crippen molar-refractivity contribution in [3.8, 4) is 17.5 Å². The van der Waals surface area contributed by atoms with Crippen LogP contribution in [-0.4, -0.2) is 52.1 Å². The number of aryl methyl sites for hydroxylation is 1. The fraction of sp³-hybridized carbons (Fsp3) is 0.286. The second kappa shape index (κ2) is 7.71. The first kappa shape index (κ1) is 18.0. The number of H-pyrrole nitrogens is 1. The van der Waals surface area contributed by atoms with Gasteiger partial charge in [-0.15, -0.1) is 0 Å². The van der Waals surface area contributed by atoms with E-state index in [0.717, 1.165) is 31.0 Å². The normalized spacial score (nSPS) is 14.8. The lowest BCUT2D eigenvalue weighted by Crippen LogP contribution is -2.48. The molecule has 4 rings (SSSR count). The van der Waals surface area contributed by atoms with Gasteiger partial charge < -0.3 is 9.32 Å². The quantitative estimate of drug-likeness (QED) is 0.757. The molecule has 1 aliphatic heterocycles. The van der Waals surface area contributed by atoms with Crippen molar-refractivity contribution in [3.05, 3.63) is 65.0 Å². The maximum atomic E-state index is 12.8. The van der Waals surface area contributed by atoms with Gasteiger partial charge in [0.2, 0.25) is 0 Å². The van der Waals surface area contributed by atoms with Gasteiger partial charge in [0.1, 0.15) is 11.5 Å². The van der Waals surface area contributed by atoms with E-state index in [4.69, 9.17) is 9.68 Å². The Bertz CT molecular complexity index is 1020. The molecule has 2 aromatic heterocycles. The van der Waals surface area contributed by atoms with Crippen LogP contribution >= 0.6 is 0 Å². The number of nitrogens with one attached hydrogen (secondary N) is 1. The summed E-state index contributed by atoms with van der Waals surface area (Å²) in [6, 6.07) is 15.3. The molecule has 0 atom stereocenters. The summed E-state index contributed by atoms with van der Waals surface area (Å²) in [4.78, 5) is 16.9. The number of rotatable bonds is 4. The molecule has 1 aliphatic rings. The second-order valence-corrected chi connectivity index (χ2v) is 6.96. The highest BCUT2D eigenvalue weighted by molar-refractivity contribution is 5.93. The molecule has 1 N–H and O–H groups in total. The highest BCUT2D eigenvalue weighted by atomic mass is 16.3. The highest BCUT2D eigenvalue weighted by Gasteiger charge is 2.24. The van der Waals surface area contributed by atoms with Crippen molar-refractivity contribution in [2.75, 3.05) is 26.2 Å². The van der Waals surface area contributed by atoms with Crippen molar-refractivity contribution >= 4 is 5.91 Å². The number of nitrogens with zero attached hydrogens (tertiary/aromatic N) is 4. The number of benzene rings is 1. The number of amides is 1. The van der Waals surface area contributed by atoms with E-state index in [2.05, 4.69) is 21.2 Å². The first-order valence-corrected chi connectivity index (χ1v) is 9.25. The van der Waals surface area contributed by atoms with Crippen LogP contribution in [0.3, 0.4) is 0 Å². The van der Waals surface area contributed by atoms with Gasteiger partial charge in [-0.1, -0.05) is 12.1 Å². The summed E-state index contributed by atoms with van der Waals surface area (Å²) in [7, 11) is 0. The van der Waals surface area contributed by atoms with Gasteiger partial charge >= 0.3 is 0 Å². The fourth-order valence-corrected chi connectivity index (χ4v) is 3.41. The second-order valence-electron chi connectivity index (χ2n) is 6.96. The summed E-state index contributed by atoms with van der Waals surface area (Å²) in [5.74, 6) is 1.42. The van der Waals surface area contributed by atoms with Crippen molar-refractivity contribution in [2.45, 2.75) is 13.5 Å². The lowest BCUT2D eigenvalue weighted by atomic mass is 10.1. The molecule has 7 nitrogen and oxygen atoms in total. The third-order valence-electron chi connectivity index (χ3n) is 4.92. The van der Waals surface area contributed by atoms with E-state index in [9.17, 15) is 4.79 Å². The minimum atomic E-state index is -0.0723. The van der Waals surface area contributed by atoms with Crippen LogP contribution < -0.4 is 0 Å². The smallest absolute Gasteiger partial charge is 0.274 e. The van der Waals surface area contributed by atoms with Gasteiger partial charge in [0.25, 0.3) is 5.91 Å². The van der Waals surface area contributed by atoms with Gasteiger partial charge in [0, 0.05) is 38.8 Å². The van der Waals surface area contributed by atoms with Crippen LogP contribution in [0.2, 0.25) is 0 Å². The lowest BCUT2D eigenvalue weighted by Gasteiger charge is -2.34. The van der Waals surface area contributed by atoms with Gasteiger partial charge in [0.15, 0.2) is 11.5 Å². The molecule has 0 unspecified atom stereocenters. The standard InChI is InChI=1S/C21H21N5O2/c1-15-5-6-20(28-15)18-12-19(24-23-18)21(27)26-9-7-25(8-10-26)14-17-4-2-3-16(11-17)13-22/h2-6,11-12H,7-10,14H2,1H3,(H,23,24). The molecule has 7 heteroatoms. The number of furan rings is 1. The van der Waals surface area contributed by atoms with Crippen LogP contribution in [0, 0.1) is 18.3 Å². The third kappa shape index (κ3) is 3.82. The third-order valence-corrected chi connectivity index (χ3v) is 4.92. The van der Waals surface area contributed by atoms with E-state index in [0.29, 0.717) is 35.8 Å². The van der Waals surface area contributed by atoms with Crippen LogP contribution in [0.5, 0.6) is 0 Å². The zero-order chi connectivity index (χ0) is 19.5. The number of piperazine rings is 1. The van der Waals surface area contributed by atoms with Crippen LogP contribution in [0.25, 0.3) is 11.5 Å².